The average molecular weight is 289 g/mol. The lowest BCUT2D eigenvalue weighted by Gasteiger charge is -2.26. The highest BCUT2D eigenvalue weighted by molar-refractivity contribution is 5.98. The van der Waals surface area contributed by atoms with Crippen molar-refractivity contribution in [3.63, 3.8) is 0 Å². The minimum atomic E-state index is -0.721. The quantitative estimate of drug-likeness (QED) is 0.859. The molecular weight excluding hydrogens is 270 g/mol. The zero-order chi connectivity index (χ0) is 15.4. The summed E-state index contributed by atoms with van der Waals surface area (Å²) >= 11 is 0. The summed E-state index contributed by atoms with van der Waals surface area (Å²) in [6.45, 7) is 2.24. The number of rotatable bonds is 4. The topological polar surface area (TPSA) is 92.5 Å². The van der Waals surface area contributed by atoms with Crippen molar-refractivity contribution < 1.29 is 14.4 Å². The Balaban J connectivity index is 2.06. The number of amides is 3. The fraction of sp³-hybridized carbons (Fsp3) is 0.400. The predicted octanol–water partition coefficient (Wildman–Crippen LogP) is 0.807. The zero-order valence-electron chi connectivity index (χ0n) is 12.0. The molecular formula is C15H19N3O3. The monoisotopic (exact) mass is 289 g/mol. The van der Waals surface area contributed by atoms with E-state index in [0.717, 1.165) is 18.5 Å². The number of nitrogens with two attached hydrogens (primary N) is 1. The van der Waals surface area contributed by atoms with Gasteiger partial charge in [-0.15, -0.1) is 0 Å². The van der Waals surface area contributed by atoms with Crippen molar-refractivity contribution in [3.05, 3.63) is 29.8 Å². The second-order valence-electron chi connectivity index (χ2n) is 5.15. The number of anilines is 1. The number of carbonyl (C=O) groups is 3. The molecule has 1 aromatic rings. The molecule has 3 amide bonds. The van der Waals surface area contributed by atoms with E-state index >= 15 is 0 Å². The molecule has 2 rings (SSSR count). The van der Waals surface area contributed by atoms with Crippen molar-refractivity contribution in [2.75, 3.05) is 11.4 Å². The van der Waals surface area contributed by atoms with Crippen molar-refractivity contribution >= 4 is 23.4 Å². The van der Waals surface area contributed by atoms with E-state index in [9.17, 15) is 14.4 Å². The summed E-state index contributed by atoms with van der Waals surface area (Å²) in [5.41, 5.74) is 6.32. The largest absolute Gasteiger partial charge is 0.368 e. The van der Waals surface area contributed by atoms with E-state index in [2.05, 4.69) is 5.32 Å². The first-order chi connectivity index (χ1) is 9.99. The number of primary amides is 1. The predicted molar refractivity (Wildman–Crippen MR) is 78.8 cm³/mol. The van der Waals surface area contributed by atoms with E-state index in [1.54, 1.807) is 29.2 Å². The van der Waals surface area contributed by atoms with Crippen molar-refractivity contribution in [2.24, 2.45) is 5.73 Å². The maximum Gasteiger partial charge on any atom is 0.251 e. The number of nitrogens with one attached hydrogen (secondary N) is 1. The minimum Gasteiger partial charge on any atom is -0.368 e. The second kappa shape index (κ2) is 6.39. The van der Waals surface area contributed by atoms with Crippen molar-refractivity contribution in [3.8, 4) is 0 Å². The Kier molecular flexibility index (Phi) is 4.57. The average Bonchev–Trinajstić information content (AvgIpc) is 2.47. The number of piperidine rings is 1. The van der Waals surface area contributed by atoms with Gasteiger partial charge < -0.3 is 16.0 Å². The summed E-state index contributed by atoms with van der Waals surface area (Å²) in [5, 5.41) is 2.51. The van der Waals surface area contributed by atoms with Crippen LogP contribution < -0.4 is 16.0 Å². The van der Waals surface area contributed by atoms with Gasteiger partial charge in [-0.2, -0.15) is 0 Å². The van der Waals surface area contributed by atoms with E-state index in [0.29, 0.717) is 18.5 Å². The lowest BCUT2D eigenvalue weighted by Crippen LogP contribution is -2.42. The van der Waals surface area contributed by atoms with Gasteiger partial charge in [-0.3, -0.25) is 14.4 Å². The van der Waals surface area contributed by atoms with Gasteiger partial charge in [0, 0.05) is 24.2 Å². The third-order valence-electron chi connectivity index (χ3n) is 3.54. The van der Waals surface area contributed by atoms with Crippen LogP contribution in [0.3, 0.4) is 0 Å². The number of nitrogens with zero attached hydrogens (tertiary/aromatic N) is 1. The van der Waals surface area contributed by atoms with E-state index in [-0.39, 0.29) is 11.8 Å². The molecule has 112 valence electrons. The van der Waals surface area contributed by atoms with Crippen molar-refractivity contribution in [1.82, 2.24) is 5.32 Å². The normalized spacial score (nSPS) is 16.4. The van der Waals surface area contributed by atoms with Gasteiger partial charge in [0.15, 0.2) is 0 Å². The second-order valence-corrected chi connectivity index (χ2v) is 5.15. The van der Waals surface area contributed by atoms with Crippen molar-refractivity contribution in [1.29, 1.82) is 0 Å². The molecule has 0 aliphatic carbocycles. The highest BCUT2D eigenvalue weighted by Gasteiger charge is 2.20. The Morgan fingerprint density at radius 2 is 1.90 bits per heavy atom. The summed E-state index contributed by atoms with van der Waals surface area (Å²) in [6.07, 6.45) is 2.49. The van der Waals surface area contributed by atoms with Gasteiger partial charge in [-0.1, -0.05) is 0 Å². The molecule has 1 aliphatic rings. The van der Waals surface area contributed by atoms with Crippen LogP contribution >= 0.6 is 0 Å². The van der Waals surface area contributed by atoms with Crippen LogP contribution in [0.2, 0.25) is 0 Å². The smallest absolute Gasteiger partial charge is 0.251 e. The molecule has 0 spiro atoms. The maximum absolute atomic E-state index is 11.9. The first-order valence-corrected chi connectivity index (χ1v) is 6.99. The van der Waals surface area contributed by atoms with Gasteiger partial charge in [-0.05, 0) is 44.0 Å². The SMILES string of the molecule is CC(NC(=O)c1ccc(N2CCCCC2=O)cc1)C(N)=O. The summed E-state index contributed by atoms with van der Waals surface area (Å²) in [5.74, 6) is -0.836. The molecule has 0 aromatic heterocycles. The lowest BCUT2D eigenvalue weighted by atomic mass is 10.1. The van der Waals surface area contributed by atoms with E-state index in [1.165, 1.54) is 6.92 Å². The maximum atomic E-state index is 11.9. The van der Waals surface area contributed by atoms with Gasteiger partial charge in [0.2, 0.25) is 11.8 Å². The first-order valence-electron chi connectivity index (χ1n) is 6.99. The van der Waals surface area contributed by atoms with Crippen LogP contribution in [-0.4, -0.2) is 30.3 Å². The highest BCUT2D eigenvalue weighted by atomic mass is 16.2. The fourth-order valence-corrected chi connectivity index (χ4v) is 2.22. The molecule has 0 bridgehead atoms. The Bertz CT molecular complexity index is 554. The standard InChI is InChI=1S/C15H19N3O3/c1-10(14(16)20)17-15(21)11-5-7-12(8-6-11)18-9-3-2-4-13(18)19/h5-8,10H,2-4,9H2,1H3,(H2,16,20)(H,17,21). The van der Waals surface area contributed by atoms with Crippen LogP contribution in [0, 0.1) is 0 Å². The Labute approximate surface area is 123 Å². The van der Waals surface area contributed by atoms with Crippen LogP contribution in [0.1, 0.15) is 36.5 Å². The summed E-state index contributed by atoms with van der Waals surface area (Å²) < 4.78 is 0. The molecule has 1 atom stereocenters. The molecule has 21 heavy (non-hydrogen) atoms. The summed E-state index contributed by atoms with van der Waals surface area (Å²) in [6, 6.07) is 6.04. The van der Waals surface area contributed by atoms with Gasteiger partial charge in [0.05, 0.1) is 0 Å². The number of carbonyl (C=O) groups excluding carboxylic acids is 3. The van der Waals surface area contributed by atoms with Crippen LogP contribution in [-0.2, 0) is 9.59 Å². The van der Waals surface area contributed by atoms with Gasteiger partial charge in [-0.25, -0.2) is 0 Å². The molecule has 1 unspecified atom stereocenters. The Morgan fingerprint density at radius 1 is 1.24 bits per heavy atom. The third-order valence-corrected chi connectivity index (χ3v) is 3.54. The van der Waals surface area contributed by atoms with Gasteiger partial charge >= 0.3 is 0 Å². The molecule has 1 aliphatic heterocycles. The number of benzene rings is 1. The van der Waals surface area contributed by atoms with Crippen LogP contribution in [0.15, 0.2) is 24.3 Å². The molecule has 6 nitrogen and oxygen atoms in total. The highest BCUT2D eigenvalue weighted by Crippen LogP contribution is 2.21. The van der Waals surface area contributed by atoms with E-state index in [4.69, 9.17) is 5.73 Å². The summed E-state index contributed by atoms with van der Waals surface area (Å²) in [4.78, 5) is 36.4. The van der Waals surface area contributed by atoms with Crippen LogP contribution in [0.5, 0.6) is 0 Å². The van der Waals surface area contributed by atoms with Crippen LogP contribution in [0.25, 0.3) is 0 Å². The molecule has 0 radical (unpaired) electrons. The molecule has 6 heteroatoms. The molecule has 1 aromatic carbocycles. The zero-order valence-corrected chi connectivity index (χ0v) is 12.0. The van der Waals surface area contributed by atoms with E-state index in [1.807, 2.05) is 0 Å². The number of hydrogen-bond donors (Lipinski definition) is 2. The number of hydrogen-bond acceptors (Lipinski definition) is 3. The van der Waals surface area contributed by atoms with Gasteiger partial charge in [0.25, 0.3) is 5.91 Å². The van der Waals surface area contributed by atoms with Crippen molar-refractivity contribution in [2.45, 2.75) is 32.2 Å². The molecule has 1 saturated heterocycles. The molecule has 0 saturated carbocycles. The summed E-state index contributed by atoms with van der Waals surface area (Å²) in [7, 11) is 0. The Hall–Kier alpha value is -2.37. The minimum absolute atomic E-state index is 0.112. The molecule has 1 fully saturated rings. The van der Waals surface area contributed by atoms with E-state index < -0.39 is 11.9 Å². The van der Waals surface area contributed by atoms with Gasteiger partial charge in [0.1, 0.15) is 6.04 Å². The fourth-order valence-electron chi connectivity index (χ4n) is 2.22. The van der Waals surface area contributed by atoms with Crippen LogP contribution in [0.4, 0.5) is 5.69 Å². The first kappa shape index (κ1) is 15.0. The lowest BCUT2D eigenvalue weighted by molar-refractivity contribution is -0.120. The third kappa shape index (κ3) is 3.59. The Morgan fingerprint density at radius 3 is 2.48 bits per heavy atom. The molecule has 3 N–H and O–H groups in total. The molecule has 1 heterocycles.